The maximum atomic E-state index is 13.1. The van der Waals surface area contributed by atoms with Crippen molar-refractivity contribution in [1.29, 1.82) is 0 Å². The second-order valence-electron chi connectivity index (χ2n) is 6.10. The summed E-state index contributed by atoms with van der Waals surface area (Å²) in [5, 5.41) is 0. The average Bonchev–Trinajstić information content (AvgIpc) is 3.00. The predicted molar refractivity (Wildman–Crippen MR) is 115 cm³/mol. The third kappa shape index (κ3) is 3.39. The van der Waals surface area contributed by atoms with Gasteiger partial charge in [-0.25, -0.2) is 0 Å². The smallest absolute Gasteiger partial charge is 0.270 e. The Balaban J connectivity index is 1.65. The van der Waals surface area contributed by atoms with Crippen molar-refractivity contribution in [2.24, 2.45) is 0 Å². The molecule has 2 aliphatic heterocycles. The lowest BCUT2D eigenvalue weighted by Crippen LogP contribution is -2.28. The fourth-order valence-electron chi connectivity index (χ4n) is 3.03. The average molecular weight is 412 g/mol. The number of ether oxygens (including phenoxy) is 3. The van der Waals surface area contributed by atoms with Gasteiger partial charge in [0, 0.05) is 11.6 Å². The van der Waals surface area contributed by atoms with Gasteiger partial charge in [-0.2, -0.15) is 0 Å². The number of para-hydroxylation sites is 1. The van der Waals surface area contributed by atoms with E-state index in [9.17, 15) is 4.79 Å². The molecule has 4 rings (SSSR count). The Morgan fingerprint density at radius 2 is 2.00 bits per heavy atom. The summed E-state index contributed by atoms with van der Waals surface area (Å²) in [4.78, 5) is 15.1. The van der Waals surface area contributed by atoms with Crippen LogP contribution in [0.15, 0.2) is 59.0 Å². The molecule has 0 aromatic heterocycles. The number of anilines is 1. The zero-order chi connectivity index (χ0) is 19.7. The number of hydrogen-bond donors (Lipinski definition) is 0. The van der Waals surface area contributed by atoms with Crippen LogP contribution in [0.25, 0.3) is 6.08 Å². The monoisotopic (exact) mass is 411 g/mol. The highest BCUT2D eigenvalue weighted by atomic mass is 32.2. The number of fused-ring (bicyclic) bond motifs is 1. The van der Waals surface area contributed by atoms with E-state index in [0.29, 0.717) is 33.0 Å². The summed E-state index contributed by atoms with van der Waals surface area (Å²) in [5.74, 6) is 1.82. The number of thiocarbonyl (C=S) groups is 1. The van der Waals surface area contributed by atoms with E-state index in [0.717, 1.165) is 16.9 Å². The Morgan fingerprint density at radius 3 is 2.79 bits per heavy atom. The molecule has 1 saturated heterocycles. The van der Waals surface area contributed by atoms with Crippen molar-refractivity contribution in [3.05, 3.63) is 64.6 Å². The zero-order valence-electron chi connectivity index (χ0n) is 15.3. The molecule has 0 radical (unpaired) electrons. The lowest BCUT2D eigenvalue weighted by Gasteiger charge is -2.18. The van der Waals surface area contributed by atoms with Gasteiger partial charge in [0.2, 0.25) is 0 Å². The third-order valence-corrected chi connectivity index (χ3v) is 5.69. The first kappa shape index (κ1) is 18.6. The first-order chi connectivity index (χ1) is 13.6. The van der Waals surface area contributed by atoms with Crippen LogP contribution in [0.2, 0.25) is 0 Å². The molecule has 2 heterocycles. The van der Waals surface area contributed by atoms with Crippen molar-refractivity contribution in [3.63, 3.8) is 0 Å². The lowest BCUT2D eigenvalue weighted by molar-refractivity contribution is -0.113. The van der Waals surface area contributed by atoms with Crippen LogP contribution in [0.5, 0.6) is 17.2 Å². The molecule has 1 amide bonds. The Kier molecular flexibility index (Phi) is 5.11. The maximum Gasteiger partial charge on any atom is 0.270 e. The molecule has 0 spiro atoms. The number of nitrogens with zero attached hydrogens (tertiary/aromatic N) is 1. The van der Waals surface area contributed by atoms with Crippen LogP contribution in [-0.4, -0.2) is 31.1 Å². The molecule has 0 saturated carbocycles. The molecule has 0 bridgehead atoms. The Labute approximate surface area is 172 Å². The number of amides is 1. The molecule has 7 heteroatoms. The topological polar surface area (TPSA) is 48.0 Å². The van der Waals surface area contributed by atoms with Gasteiger partial charge < -0.3 is 14.2 Å². The molecule has 0 N–H and O–H groups in total. The van der Waals surface area contributed by atoms with Crippen LogP contribution >= 0.6 is 24.0 Å². The molecule has 28 heavy (non-hydrogen) atoms. The minimum atomic E-state index is -0.182. The van der Waals surface area contributed by atoms with E-state index in [2.05, 4.69) is 0 Å². The van der Waals surface area contributed by atoms with Gasteiger partial charge in [0.1, 0.15) is 23.9 Å². The molecule has 0 aliphatic carbocycles. The Hall–Kier alpha value is -2.77. The summed E-state index contributed by atoms with van der Waals surface area (Å²) in [7, 11) is 3.13. The number of rotatable bonds is 4. The number of thioether (sulfide) groups is 1. The minimum Gasteiger partial charge on any atom is -0.497 e. The Morgan fingerprint density at radius 1 is 1.18 bits per heavy atom. The van der Waals surface area contributed by atoms with E-state index in [1.54, 1.807) is 32.4 Å². The van der Waals surface area contributed by atoms with Gasteiger partial charge >= 0.3 is 0 Å². The van der Waals surface area contributed by atoms with Crippen molar-refractivity contribution >= 4 is 46.0 Å². The van der Waals surface area contributed by atoms with E-state index in [4.69, 9.17) is 26.4 Å². The highest BCUT2D eigenvalue weighted by Crippen LogP contribution is 2.41. The number of hydrogen-bond acceptors (Lipinski definition) is 6. The van der Waals surface area contributed by atoms with Crippen molar-refractivity contribution in [2.75, 3.05) is 25.7 Å². The van der Waals surface area contributed by atoms with E-state index < -0.39 is 0 Å². The molecular formula is C21H17NO4S2. The van der Waals surface area contributed by atoms with Crippen molar-refractivity contribution < 1.29 is 19.0 Å². The first-order valence-corrected chi connectivity index (χ1v) is 9.75. The summed E-state index contributed by atoms with van der Waals surface area (Å²) in [6.07, 6.45) is 3.87. The van der Waals surface area contributed by atoms with E-state index in [1.165, 1.54) is 16.7 Å². The fraction of sp³-hybridized carbons (Fsp3) is 0.143. The lowest BCUT2D eigenvalue weighted by atomic mass is 10.1. The number of benzene rings is 2. The second-order valence-corrected chi connectivity index (χ2v) is 7.78. The number of carbonyl (C=O) groups excluding carboxylic acids is 1. The largest absolute Gasteiger partial charge is 0.497 e. The quantitative estimate of drug-likeness (QED) is 0.548. The van der Waals surface area contributed by atoms with Gasteiger partial charge in [-0.05, 0) is 35.9 Å². The van der Waals surface area contributed by atoms with E-state index >= 15 is 0 Å². The summed E-state index contributed by atoms with van der Waals surface area (Å²) in [5.41, 5.74) is 2.50. The van der Waals surface area contributed by atoms with Gasteiger partial charge in [-0.3, -0.25) is 9.69 Å². The normalized spacial score (nSPS) is 17.3. The van der Waals surface area contributed by atoms with Gasteiger partial charge in [-0.1, -0.05) is 42.2 Å². The van der Waals surface area contributed by atoms with Crippen molar-refractivity contribution in [3.8, 4) is 17.2 Å². The summed E-state index contributed by atoms with van der Waals surface area (Å²) in [6.45, 7) is 0.410. The van der Waals surface area contributed by atoms with Gasteiger partial charge in [0.15, 0.2) is 4.32 Å². The highest BCUT2D eigenvalue weighted by Gasteiger charge is 2.35. The van der Waals surface area contributed by atoms with Gasteiger partial charge in [-0.15, -0.1) is 0 Å². The van der Waals surface area contributed by atoms with E-state index in [1.807, 2.05) is 36.4 Å². The maximum absolute atomic E-state index is 13.1. The van der Waals surface area contributed by atoms with Gasteiger partial charge in [0.25, 0.3) is 5.91 Å². The van der Waals surface area contributed by atoms with Crippen LogP contribution in [0.3, 0.4) is 0 Å². The molecule has 5 nitrogen and oxygen atoms in total. The molecule has 0 atom stereocenters. The zero-order valence-corrected chi connectivity index (χ0v) is 16.9. The highest BCUT2D eigenvalue weighted by molar-refractivity contribution is 8.27. The van der Waals surface area contributed by atoms with Crippen molar-refractivity contribution in [2.45, 2.75) is 0 Å². The number of carbonyl (C=O) groups is 1. The fourth-order valence-corrected chi connectivity index (χ4v) is 4.33. The number of methoxy groups -OCH3 is 2. The molecule has 2 aromatic rings. The molecule has 142 valence electrons. The SMILES string of the molecule is COc1ccc(N2C(=O)/C(=C\C3=Cc4ccccc4OC3)SC2=S)c(OC)c1. The third-order valence-electron chi connectivity index (χ3n) is 4.39. The first-order valence-electron chi connectivity index (χ1n) is 8.53. The van der Waals surface area contributed by atoms with Crippen LogP contribution in [0, 0.1) is 0 Å². The summed E-state index contributed by atoms with van der Waals surface area (Å²) in [6, 6.07) is 13.1. The van der Waals surface area contributed by atoms with Gasteiger partial charge in [0.05, 0.1) is 24.8 Å². The Bertz CT molecular complexity index is 1030. The van der Waals surface area contributed by atoms with E-state index in [-0.39, 0.29) is 5.91 Å². The molecule has 2 aromatic carbocycles. The van der Waals surface area contributed by atoms with Crippen molar-refractivity contribution in [1.82, 2.24) is 0 Å². The molecule has 1 fully saturated rings. The summed E-state index contributed by atoms with van der Waals surface area (Å²) >= 11 is 6.73. The standard InChI is InChI=1S/C21H17NO4S2/c1-24-15-7-8-16(18(11-15)25-2)22-20(23)19(28-21(22)27)10-13-9-14-5-3-4-6-17(14)26-12-13/h3-11H,12H2,1-2H3/b19-10+. The predicted octanol–water partition coefficient (Wildman–Crippen LogP) is 4.43. The summed E-state index contributed by atoms with van der Waals surface area (Å²) < 4.78 is 16.9. The minimum absolute atomic E-state index is 0.182. The molecular weight excluding hydrogens is 394 g/mol. The van der Waals surface area contributed by atoms with Crippen LogP contribution in [0.4, 0.5) is 5.69 Å². The molecule has 2 aliphatic rings. The van der Waals surface area contributed by atoms with Crippen LogP contribution < -0.4 is 19.1 Å². The van der Waals surface area contributed by atoms with Crippen LogP contribution in [0.1, 0.15) is 5.56 Å². The van der Waals surface area contributed by atoms with Crippen LogP contribution in [-0.2, 0) is 4.79 Å². The second kappa shape index (κ2) is 7.69. The molecule has 0 unspecified atom stereocenters.